The maximum absolute atomic E-state index is 13.1. The van der Waals surface area contributed by atoms with E-state index in [0.29, 0.717) is 12.6 Å². The van der Waals surface area contributed by atoms with Crippen LogP contribution in [0, 0.1) is 0 Å². The van der Waals surface area contributed by atoms with E-state index in [2.05, 4.69) is 15.5 Å². The molecular weight excluding hydrogens is 466 g/mol. The normalized spacial score (nSPS) is 20.9. The highest BCUT2D eigenvalue weighted by Gasteiger charge is 2.46. The number of nitrogens with one attached hydrogen (secondary N) is 2. The first-order chi connectivity index (χ1) is 17.3. The molecule has 2 fully saturated rings. The van der Waals surface area contributed by atoms with Gasteiger partial charge in [-0.15, -0.1) is 0 Å². The number of carbonyl (C=O) groups is 5. The number of imide groups is 2. The third-order valence-electron chi connectivity index (χ3n) is 6.89. The summed E-state index contributed by atoms with van der Waals surface area (Å²) < 4.78 is 5.59. The topological polar surface area (TPSA) is 151 Å². The van der Waals surface area contributed by atoms with Crippen molar-refractivity contribution in [2.24, 2.45) is 5.73 Å². The van der Waals surface area contributed by atoms with Crippen LogP contribution in [0.15, 0.2) is 18.2 Å². The van der Waals surface area contributed by atoms with Crippen molar-refractivity contribution in [3.8, 4) is 5.75 Å². The van der Waals surface area contributed by atoms with Crippen LogP contribution in [0.25, 0.3) is 0 Å². The molecule has 0 aromatic heterocycles. The molecule has 5 amide bonds. The van der Waals surface area contributed by atoms with E-state index in [-0.39, 0.29) is 42.2 Å². The molecule has 11 nitrogen and oxygen atoms in total. The molecule has 0 bridgehead atoms. The summed E-state index contributed by atoms with van der Waals surface area (Å²) in [4.78, 5) is 65.1. The molecule has 194 valence electrons. The number of nitrogens with two attached hydrogens (primary N) is 1. The zero-order chi connectivity index (χ0) is 25.7. The number of fused-ring (bicyclic) bond motifs is 1. The number of hydrogen-bond acceptors (Lipinski definition) is 8. The predicted molar refractivity (Wildman–Crippen MR) is 129 cm³/mol. The summed E-state index contributed by atoms with van der Waals surface area (Å²) in [5, 5.41) is 4.98. The minimum absolute atomic E-state index is 0.0265. The maximum Gasteiger partial charge on any atom is 0.266 e. The molecule has 4 N–H and O–H groups in total. The van der Waals surface area contributed by atoms with Gasteiger partial charge in [-0.2, -0.15) is 0 Å². The summed E-state index contributed by atoms with van der Waals surface area (Å²) in [6.45, 7) is 3.38. The molecule has 1 atom stereocenters. The standard InChI is InChI=1S/C25H33N5O6/c26-16-9-13-29(14-10-16)12-3-1-2-11-27-21(32)15-36-19-6-4-5-17-22(19)25(35)30(24(17)34)18-7-8-20(31)28-23(18)33/h4-6,16,18H,1-3,7-15,26H2,(H,27,32)(H,28,31,33). The van der Waals surface area contributed by atoms with E-state index in [4.69, 9.17) is 10.5 Å². The number of unbranched alkanes of at least 4 members (excludes halogenated alkanes) is 2. The second-order valence-electron chi connectivity index (χ2n) is 9.50. The lowest BCUT2D eigenvalue weighted by Crippen LogP contribution is -2.54. The average molecular weight is 500 g/mol. The van der Waals surface area contributed by atoms with Crippen LogP contribution >= 0.6 is 0 Å². The highest BCUT2D eigenvalue weighted by molar-refractivity contribution is 6.24. The lowest BCUT2D eigenvalue weighted by Gasteiger charge is -2.29. The molecule has 3 heterocycles. The Hall–Kier alpha value is -3.31. The van der Waals surface area contributed by atoms with Gasteiger partial charge < -0.3 is 20.7 Å². The van der Waals surface area contributed by atoms with Crippen molar-refractivity contribution in [1.29, 1.82) is 0 Å². The van der Waals surface area contributed by atoms with Gasteiger partial charge in [-0.25, -0.2) is 0 Å². The molecule has 4 rings (SSSR count). The number of amides is 5. The van der Waals surface area contributed by atoms with Crippen molar-refractivity contribution >= 4 is 29.5 Å². The first-order valence-electron chi connectivity index (χ1n) is 12.6. The van der Waals surface area contributed by atoms with E-state index in [0.717, 1.165) is 56.6 Å². The lowest BCUT2D eigenvalue weighted by molar-refractivity contribution is -0.136. The van der Waals surface area contributed by atoms with Crippen LogP contribution < -0.4 is 21.1 Å². The van der Waals surface area contributed by atoms with Crippen LogP contribution in [0.5, 0.6) is 5.75 Å². The van der Waals surface area contributed by atoms with Crippen molar-refractivity contribution in [3.63, 3.8) is 0 Å². The van der Waals surface area contributed by atoms with Gasteiger partial charge in [0.1, 0.15) is 11.8 Å². The van der Waals surface area contributed by atoms with Gasteiger partial charge in [0, 0.05) is 19.0 Å². The number of likely N-dealkylation sites (tertiary alicyclic amines) is 1. The number of rotatable bonds is 10. The molecule has 1 aromatic rings. The Labute approximate surface area is 209 Å². The molecule has 1 aromatic carbocycles. The minimum atomic E-state index is -1.06. The van der Waals surface area contributed by atoms with Gasteiger partial charge >= 0.3 is 0 Å². The van der Waals surface area contributed by atoms with Crippen molar-refractivity contribution in [2.75, 3.05) is 32.8 Å². The maximum atomic E-state index is 13.1. The average Bonchev–Trinajstić information content (AvgIpc) is 3.11. The zero-order valence-electron chi connectivity index (χ0n) is 20.3. The second kappa shape index (κ2) is 11.6. The molecule has 3 aliphatic heterocycles. The van der Waals surface area contributed by atoms with Crippen LogP contribution in [0.4, 0.5) is 0 Å². The number of piperidine rings is 2. The predicted octanol–water partition coefficient (Wildman–Crippen LogP) is 0.176. The van der Waals surface area contributed by atoms with Crippen molar-refractivity contribution in [3.05, 3.63) is 29.3 Å². The van der Waals surface area contributed by atoms with Gasteiger partial charge in [-0.1, -0.05) is 12.5 Å². The van der Waals surface area contributed by atoms with Crippen LogP contribution in [-0.4, -0.2) is 84.2 Å². The molecular formula is C25H33N5O6. The molecule has 11 heteroatoms. The first kappa shape index (κ1) is 25.8. The number of ether oxygens (including phenoxy) is 1. The number of benzene rings is 1. The van der Waals surface area contributed by atoms with E-state index in [1.54, 1.807) is 6.07 Å². The molecule has 0 spiro atoms. The number of nitrogens with zero attached hydrogens (tertiary/aromatic N) is 2. The highest BCUT2D eigenvalue weighted by atomic mass is 16.5. The van der Waals surface area contributed by atoms with Gasteiger partial charge in [0.15, 0.2) is 6.61 Å². The molecule has 0 radical (unpaired) electrons. The third kappa shape index (κ3) is 5.90. The van der Waals surface area contributed by atoms with Crippen molar-refractivity contribution < 1.29 is 28.7 Å². The quantitative estimate of drug-likeness (QED) is 0.305. The van der Waals surface area contributed by atoms with Gasteiger partial charge in [0.25, 0.3) is 17.7 Å². The van der Waals surface area contributed by atoms with E-state index in [9.17, 15) is 24.0 Å². The van der Waals surface area contributed by atoms with Crippen LogP contribution in [0.2, 0.25) is 0 Å². The van der Waals surface area contributed by atoms with Gasteiger partial charge in [0.05, 0.1) is 11.1 Å². The Morgan fingerprint density at radius 2 is 1.83 bits per heavy atom. The Bertz CT molecular complexity index is 1040. The van der Waals surface area contributed by atoms with Gasteiger partial charge in [-0.3, -0.25) is 34.2 Å². The number of carbonyl (C=O) groups excluding carboxylic acids is 5. The Balaban J connectivity index is 1.22. The second-order valence-corrected chi connectivity index (χ2v) is 9.50. The van der Waals surface area contributed by atoms with Gasteiger partial charge in [0.2, 0.25) is 11.8 Å². The summed E-state index contributed by atoms with van der Waals surface area (Å²) >= 11 is 0. The number of hydrogen-bond donors (Lipinski definition) is 3. The fourth-order valence-corrected chi connectivity index (χ4v) is 4.84. The van der Waals surface area contributed by atoms with E-state index >= 15 is 0 Å². The lowest BCUT2D eigenvalue weighted by atomic mass is 10.0. The smallest absolute Gasteiger partial charge is 0.266 e. The van der Waals surface area contributed by atoms with Crippen molar-refractivity contribution in [1.82, 2.24) is 20.4 Å². The fraction of sp³-hybridized carbons (Fsp3) is 0.560. The SMILES string of the molecule is NC1CCN(CCCCCNC(=O)COc2cccc3c2C(=O)N(C2CCC(=O)NC2=O)C3=O)CC1. The summed E-state index contributed by atoms with van der Waals surface area (Å²) in [7, 11) is 0. The van der Waals surface area contributed by atoms with E-state index in [1.807, 2.05) is 0 Å². The Morgan fingerprint density at radius 1 is 1.06 bits per heavy atom. The van der Waals surface area contributed by atoms with E-state index < -0.39 is 29.7 Å². The van der Waals surface area contributed by atoms with Crippen LogP contribution in [0.1, 0.15) is 65.7 Å². The monoisotopic (exact) mass is 499 g/mol. The molecule has 2 saturated heterocycles. The van der Waals surface area contributed by atoms with Crippen LogP contribution in [0.3, 0.4) is 0 Å². The van der Waals surface area contributed by atoms with E-state index in [1.165, 1.54) is 12.1 Å². The molecule has 0 aliphatic carbocycles. The third-order valence-corrected chi connectivity index (χ3v) is 6.89. The molecule has 0 saturated carbocycles. The molecule has 36 heavy (non-hydrogen) atoms. The fourth-order valence-electron chi connectivity index (χ4n) is 4.84. The minimum Gasteiger partial charge on any atom is -0.483 e. The Morgan fingerprint density at radius 3 is 2.58 bits per heavy atom. The highest BCUT2D eigenvalue weighted by Crippen LogP contribution is 2.33. The summed E-state index contributed by atoms with van der Waals surface area (Å²) in [6, 6.07) is 3.82. The summed E-state index contributed by atoms with van der Waals surface area (Å²) in [5.41, 5.74) is 6.07. The zero-order valence-corrected chi connectivity index (χ0v) is 20.3. The first-order valence-corrected chi connectivity index (χ1v) is 12.6. The summed E-state index contributed by atoms with van der Waals surface area (Å²) in [5.74, 6) is -2.62. The van der Waals surface area contributed by atoms with Gasteiger partial charge in [-0.05, 0) is 63.9 Å². The molecule has 3 aliphatic rings. The molecule has 1 unspecified atom stereocenters. The largest absolute Gasteiger partial charge is 0.483 e. The Kier molecular flexibility index (Phi) is 8.32. The van der Waals surface area contributed by atoms with Crippen LogP contribution in [-0.2, 0) is 14.4 Å². The van der Waals surface area contributed by atoms with Crippen molar-refractivity contribution in [2.45, 2.75) is 57.0 Å². The summed E-state index contributed by atoms with van der Waals surface area (Å²) in [6.07, 6.45) is 5.14.